The Morgan fingerprint density at radius 1 is 0.447 bits per heavy atom. The summed E-state index contributed by atoms with van der Waals surface area (Å²) in [5, 5.41) is 3.78. The molecule has 76 heavy (non-hydrogen) atoms. The van der Waals surface area contributed by atoms with Crippen molar-refractivity contribution >= 4 is 66.9 Å². The van der Waals surface area contributed by atoms with Crippen molar-refractivity contribution in [3.8, 4) is 11.1 Å². The lowest BCUT2D eigenvalue weighted by Crippen LogP contribution is -2.54. The fourth-order valence-corrected chi connectivity index (χ4v) is 14.4. The molecule has 4 heteroatoms. The van der Waals surface area contributed by atoms with E-state index in [9.17, 15) is 0 Å². The second-order valence-corrected chi connectivity index (χ2v) is 28.7. The summed E-state index contributed by atoms with van der Waals surface area (Å²) in [6.07, 6.45) is 7.08. The third-order valence-corrected chi connectivity index (χ3v) is 19.5. The van der Waals surface area contributed by atoms with Crippen molar-refractivity contribution in [2.45, 2.75) is 180 Å². The van der Waals surface area contributed by atoms with Gasteiger partial charge in [0.15, 0.2) is 0 Å². The molecule has 3 nitrogen and oxygen atoms in total. The first-order valence-corrected chi connectivity index (χ1v) is 29.3. The van der Waals surface area contributed by atoms with Crippen molar-refractivity contribution in [2.24, 2.45) is 0 Å². The van der Waals surface area contributed by atoms with Crippen LogP contribution in [0, 0.1) is 0 Å². The largest absolute Gasteiger partial charge is 0.334 e. The monoisotopic (exact) mass is 1020 g/mol. The van der Waals surface area contributed by atoms with E-state index in [-0.39, 0.29) is 38.0 Å². The smallest absolute Gasteiger partial charge is 0.0647 e. The minimum absolute atomic E-state index is 0.0219. The number of hydrogen-bond acceptors (Lipinski definition) is 4. The number of anilines is 8. The van der Waals surface area contributed by atoms with E-state index in [1.54, 1.807) is 0 Å². The fourth-order valence-electron chi connectivity index (χ4n) is 13.4. The van der Waals surface area contributed by atoms with Crippen LogP contribution in [0.2, 0.25) is 0 Å². The first kappa shape index (κ1) is 52.0. The van der Waals surface area contributed by atoms with Gasteiger partial charge in [0, 0.05) is 49.2 Å². The molecule has 0 amide bonds. The molecule has 0 saturated heterocycles. The predicted molar refractivity (Wildman–Crippen MR) is 331 cm³/mol. The zero-order chi connectivity index (χ0) is 54.0. The number of thiophene rings is 1. The lowest BCUT2D eigenvalue weighted by molar-refractivity contribution is 0.195. The molecule has 8 aromatic rings. The van der Waals surface area contributed by atoms with E-state index in [4.69, 9.17) is 0 Å². The Kier molecular flexibility index (Phi) is 12.5. The molecular formula is C72H83N3S. The summed E-state index contributed by atoms with van der Waals surface area (Å²) in [4.78, 5) is 8.01. The number of fused-ring (bicyclic) bond motifs is 5. The molecule has 2 aliphatic carbocycles. The minimum Gasteiger partial charge on any atom is -0.334 e. The van der Waals surface area contributed by atoms with Crippen molar-refractivity contribution in [1.29, 1.82) is 0 Å². The highest BCUT2D eigenvalue weighted by Gasteiger charge is 2.57. The maximum atomic E-state index is 2.79. The van der Waals surface area contributed by atoms with Gasteiger partial charge in [-0.25, -0.2) is 0 Å². The summed E-state index contributed by atoms with van der Waals surface area (Å²) in [6, 6.07) is 59.3. The van der Waals surface area contributed by atoms with Gasteiger partial charge in [-0.1, -0.05) is 189 Å². The van der Waals surface area contributed by atoms with E-state index in [0.717, 1.165) is 35.6 Å². The number of para-hydroxylation sites is 1. The Labute approximate surface area is 461 Å². The lowest BCUT2D eigenvalue weighted by Gasteiger charge is -2.50. The Morgan fingerprint density at radius 3 is 1.62 bits per heavy atom. The molecule has 2 unspecified atom stereocenters. The summed E-state index contributed by atoms with van der Waals surface area (Å²) in [6.45, 7) is 36.0. The van der Waals surface area contributed by atoms with Crippen LogP contribution in [0.5, 0.6) is 0 Å². The second-order valence-electron chi connectivity index (χ2n) is 27.8. The summed E-state index contributed by atoms with van der Waals surface area (Å²) in [5.74, 6) is 0. The average molecular weight is 1020 g/mol. The second kappa shape index (κ2) is 18.3. The van der Waals surface area contributed by atoms with Gasteiger partial charge in [-0.2, -0.15) is 0 Å². The van der Waals surface area contributed by atoms with Crippen LogP contribution in [0.3, 0.4) is 0 Å². The van der Waals surface area contributed by atoms with Crippen LogP contribution in [0.25, 0.3) is 21.2 Å². The molecular weight excluding hydrogens is 939 g/mol. The van der Waals surface area contributed by atoms with E-state index >= 15 is 0 Å². The predicted octanol–water partition coefficient (Wildman–Crippen LogP) is 21.5. The Morgan fingerprint density at radius 2 is 1.00 bits per heavy atom. The third kappa shape index (κ3) is 8.79. The first-order valence-electron chi connectivity index (χ1n) is 28.4. The Bertz CT molecular complexity index is 3440. The lowest BCUT2D eigenvalue weighted by atomic mass is 9.61. The zero-order valence-electron chi connectivity index (χ0n) is 48.5. The first-order chi connectivity index (χ1) is 35.8. The van der Waals surface area contributed by atoms with Crippen molar-refractivity contribution in [2.75, 3.05) is 14.7 Å². The molecule has 1 aliphatic heterocycles. The SMILES string of the molecule is CC(C)(C)c1cccc(N(c2cc(N(c3ccc(C(C)(C)C)cc3-c3ccccc3)c3csc4cc5c(cc34)C(C)(C)CCC5(C)C)cc(N3c4ccccc4C4(C)CCCCC34C)c2)c2cccc(C(C)(C)C)c2)c1. The van der Waals surface area contributed by atoms with Gasteiger partial charge in [0.05, 0.1) is 28.3 Å². The normalized spacial score (nSPS) is 20.0. The highest BCUT2D eigenvalue weighted by atomic mass is 32.1. The van der Waals surface area contributed by atoms with Crippen LogP contribution in [0.4, 0.5) is 45.5 Å². The molecule has 1 aromatic heterocycles. The molecule has 7 aromatic carbocycles. The van der Waals surface area contributed by atoms with Crippen molar-refractivity contribution in [3.05, 3.63) is 190 Å². The molecule has 0 spiro atoms. The van der Waals surface area contributed by atoms with E-state index in [1.807, 2.05) is 11.3 Å². The summed E-state index contributed by atoms with van der Waals surface area (Å²) < 4.78 is 1.34. The maximum Gasteiger partial charge on any atom is 0.0647 e. The van der Waals surface area contributed by atoms with Gasteiger partial charge in [-0.15, -0.1) is 11.3 Å². The molecule has 1 saturated carbocycles. The maximum absolute atomic E-state index is 2.79. The average Bonchev–Trinajstić information content (AvgIpc) is 3.91. The summed E-state index contributed by atoms with van der Waals surface area (Å²) in [5.41, 5.74) is 20.2. The fraction of sp³-hybridized carbons (Fsp3) is 0.389. The van der Waals surface area contributed by atoms with Crippen LogP contribution in [0.1, 0.15) is 176 Å². The van der Waals surface area contributed by atoms with Crippen molar-refractivity contribution < 1.29 is 0 Å². The molecule has 0 N–H and O–H groups in total. The number of benzene rings is 7. The zero-order valence-corrected chi connectivity index (χ0v) is 49.3. The highest BCUT2D eigenvalue weighted by molar-refractivity contribution is 7.17. The quantitative estimate of drug-likeness (QED) is 0.150. The third-order valence-electron chi connectivity index (χ3n) is 18.6. The molecule has 3 aliphatic rings. The summed E-state index contributed by atoms with van der Waals surface area (Å²) >= 11 is 1.90. The number of nitrogens with zero attached hydrogens (tertiary/aromatic N) is 3. The van der Waals surface area contributed by atoms with E-state index in [0.29, 0.717) is 0 Å². The van der Waals surface area contributed by atoms with Crippen LogP contribution >= 0.6 is 11.3 Å². The molecule has 11 rings (SSSR count). The number of rotatable bonds is 8. The van der Waals surface area contributed by atoms with E-state index < -0.39 is 0 Å². The molecule has 0 radical (unpaired) electrons. The van der Waals surface area contributed by atoms with Gasteiger partial charge < -0.3 is 14.7 Å². The van der Waals surface area contributed by atoms with Gasteiger partial charge in [0.1, 0.15) is 0 Å². The molecule has 2 atom stereocenters. The van der Waals surface area contributed by atoms with E-state index in [1.165, 1.54) is 103 Å². The van der Waals surface area contributed by atoms with Gasteiger partial charge in [-0.3, -0.25) is 0 Å². The van der Waals surface area contributed by atoms with Gasteiger partial charge in [0.25, 0.3) is 0 Å². The standard InChI is InChI=1S/C72H83N3S/c1-66(2,3)49-27-23-29-52(39-49)73(53-30-24-28-50(40-53)67(4,5)6)54-42-55(44-56(43-54)75-63-32-20-19-31-59(63)71(14)35-21-22-36-72(71,75)15)74(62-34-33-51(68(7,8)9)41-57(62)48-25-17-16-18-26-48)64-47-76-65-46-61-60(45-58(64)65)69(10,11)37-38-70(61,12)13/h16-20,23-34,39-47H,21-22,35-38H2,1-15H3. The molecule has 0 bridgehead atoms. The molecule has 1 fully saturated rings. The van der Waals surface area contributed by atoms with Crippen LogP contribution in [-0.4, -0.2) is 5.54 Å². The van der Waals surface area contributed by atoms with Crippen molar-refractivity contribution in [1.82, 2.24) is 0 Å². The molecule has 2 heterocycles. The summed E-state index contributed by atoms with van der Waals surface area (Å²) in [7, 11) is 0. The van der Waals surface area contributed by atoms with Gasteiger partial charge in [-0.05, 0) is 171 Å². The van der Waals surface area contributed by atoms with Gasteiger partial charge in [0.2, 0.25) is 0 Å². The van der Waals surface area contributed by atoms with Crippen molar-refractivity contribution in [3.63, 3.8) is 0 Å². The van der Waals surface area contributed by atoms with Crippen LogP contribution in [0.15, 0.2) is 157 Å². The minimum atomic E-state index is -0.158. The van der Waals surface area contributed by atoms with Gasteiger partial charge >= 0.3 is 0 Å². The molecule has 392 valence electrons. The highest BCUT2D eigenvalue weighted by Crippen LogP contribution is 2.62. The van der Waals surface area contributed by atoms with E-state index in [2.05, 4.69) is 276 Å². The van der Waals surface area contributed by atoms with Crippen LogP contribution in [-0.2, 0) is 32.5 Å². The number of hydrogen-bond donors (Lipinski definition) is 0. The topological polar surface area (TPSA) is 9.72 Å². The van der Waals surface area contributed by atoms with Crippen LogP contribution < -0.4 is 14.7 Å². The Hall–Kier alpha value is -6.10. The Balaban J connectivity index is 1.28.